The molecule has 0 bridgehead atoms. The summed E-state index contributed by atoms with van der Waals surface area (Å²) < 4.78 is 0. The fourth-order valence-corrected chi connectivity index (χ4v) is 3.02. The number of pyridine rings is 1. The molecule has 0 aliphatic rings. The smallest absolute Gasteiger partial charge is 0.230 e. The molecule has 3 aromatic heterocycles. The van der Waals surface area contributed by atoms with E-state index in [0.29, 0.717) is 12.2 Å². The van der Waals surface area contributed by atoms with E-state index in [4.69, 9.17) is 0 Å². The number of carbonyl (C=O) groups is 1. The molecule has 0 saturated heterocycles. The van der Waals surface area contributed by atoms with Crippen LogP contribution in [0.15, 0.2) is 54.2 Å². The third-order valence-corrected chi connectivity index (χ3v) is 4.59. The second kappa shape index (κ2) is 8.34. The lowest BCUT2D eigenvalue weighted by molar-refractivity contribution is -0.115. The van der Waals surface area contributed by atoms with Gasteiger partial charge in [-0.15, -0.1) is 21.5 Å². The predicted octanol–water partition coefficient (Wildman–Crippen LogP) is 2.79. The number of nitrogens with one attached hydrogen (secondary N) is 1. The highest BCUT2D eigenvalue weighted by atomic mass is 32.1. The lowest BCUT2D eigenvalue weighted by Gasteiger charge is -2.17. The molecular formula is C18H19N5OS. The molecule has 6 nitrogen and oxygen atoms in total. The maximum absolute atomic E-state index is 12.0. The summed E-state index contributed by atoms with van der Waals surface area (Å²) in [4.78, 5) is 19.0. The fourth-order valence-electron chi connectivity index (χ4n) is 2.31. The van der Waals surface area contributed by atoms with Crippen LogP contribution in [0, 0.1) is 0 Å². The molecule has 0 radical (unpaired) electrons. The number of likely N-dealkylation sites (N-methyl/N-ethyl adjacent to an activating group) is 1. The van der Waals surface area contributed by atoms with Gasteiger partial charge in [-0.25, -0.2) is 0 Å². The first-order chi connectivity index (χ1) is 12.2. The Morgan fingerprint density at radius 1 is 1.16 bits per heavy atom. The van der Waals surface area contributed by atoms with Gasteiger partial charge in [-0.3, -0.25) is 9.78 Å². The molecular weight excluding hydrogens is 334 g/mol. The van der Waals surface area contributed by atoms with Gasteiger partial charge in [-0.05, 0) is 47.7 Å². The normalized spacial score (nSPS) is 10.4. The fraction of sp³-hybridized carbons (Fsp3) is 0.222. The van der Waals surface area contributed by atoms with Crippen molar-refractivity contribution < 1.29 is 4.79 Å². The molecule has 1 amide bonds. The Balaban J connectivity index is 1.51. The first-order valence-corrected chi connectivity index (χ1v) is 8.84. The lowest BCUT2D eigenvalue weighted by atomic mass is 10.2. The molecule has 0 fully saturated rings. The van der Waals surface area contributed by atoms with Crippen molar-refractivity contribution in [2.75, 3.05) is 23.8 Å². The van der Waals surface area contributed by atoms with Crippen LogP contribution in [0.5, 0.6) is 0 Å². The van der Waals surface area contributed by atoms with Crippen LogP contribution in [0.2, 0.25) is 0 Å². The molecule has 0 aromatic carbocycles. The minimum atomic E-state index is -0.0875. The van der Waals surface area contributed by atoms with Crippen LogP contribution in [0.3, 0.4) is 0 Å². The summed E-state index contributed by atoms with van der Waals surface area (Å²) in [6.45, 7) is 0.822. The van der Waals surface area contributed by atoms with E-state index in [-0.39, 0.29) is 5.91 Å². The van der Waals surface area contributed by atoms with Gasteiger partial charge in [0.15, 0.2) is 11.6 Å². The number of hydrogen-bond acceptors (Lipinski definition) is 6. The molecule has 0 saturated carbocycles. The maximum atomic E-state index is 12.0. The molecule has 3 heterocycles. The van der Waals surface area contributed by atoms with Crippen molar-refractivity contribution in [1.82, 2.24) is 15.2 Å². The first-order valence-electron chi connectivity index (χ1n) is 7.97. The van der Waals surface area contributed by atoms with E-state index in [1.165, 1.54) is 5.56 Å². The van der Waals surface area contributed by atoms with Crippen LogP contribution in [0.1, 0.15) is 10.4 Å². The minimum absolute atomic E-state index is 0.0875. The summed E-state index contributed by atoms with van der Waals surface area (Å²) in [5, 5.41) is 13.0. The SMILES string of the molecule is CN(CCc1ccncc1)c1ccc(NC(=O)Cc2cccs2)nn1. The van der Waals surface area contributed by atoms with Crippen molar-refractivity contribution in [3.8, 4) is 0 Å². The monoisotopic (exact) mass is 353 g/mol. The topological polar surface area (TPSA) is 71.0 Å². The van der Waals surface area contributed by atoms with Gasteiger partial charge in [0.1, 0.15) is 0 Å². The average Bonchev–Trinajstić information content (AvgIpc) is 3.14. The maximum Gasteiger partial charge on any atom is 0.230 e. The molecule has 128 valence electrons. The molecule has 1 N–H and O–H groups in total. The highest BCUT2D eigenvalue weighted by Gasteiger charge is 2.08. The molecule has 0 aliphatic heterocycles. The summed E-state index contributed by atoms with van der Waals surface area (Å²) in [5.41, 5.74) is 1.23. The number of thiophene rings is 1. The molecule has 25 heavy (non-hydrogen) atoms. The van der Waals surface area contributed by atoms with E-state index in [9.17, 15) is 4.79 Å². The van der Waals surface area contributed by atoms with Gasteiger partial charge < -0.3 is 10.2 Å². The van der Waals surface area contributed by atoms with Crippen molar-refractivity contribution in [2.45, 2.75) is 12.8 Å². The van der Waals surface area contributed by atoms with Gasteiger partial charge in [0.2, 0.25) is 5.91 Å². The number of nitrogens with zero attached hydrogens (tertiary/aromatic N) is 4. The van der Waals surface area contributed by atoms with Gasteiger partial charge >= 0.3 is 0 Å². The van der Waals surface area contributed by atoms with Gasteiger partial charge in [0.25, 0.3) is 0 Å². The molecule has 3 rings (SSSR count). The van der Waals surface area contributed by atoms with Gasteiger partial charge in [-0.2, -0.15) is 0 Å². The van der Waals surface area contributed by atoms with Gasteiger partial charge in [0, 0.05) is 30.9 Å². The molecule has 0 spiro atoms. The Hall–Kier alpha value is -2.80. The quantitative estimate of drug-likeness (QED) is 0.707. The van der Waals surface area contributed by atoms with E-state index >= 15 is 0 Å². The highest BCUT2D eigenvalue weighted by molar-refractivity contribution is 7.10. The zero-order valence-corrected chi connectivity index (χ0v) is 14.7. The van der Waals surface area contributed by atoms with Crippen molar-refractivity contribution in [2.24, 2.45) is 0 Å². The summed E-state index contributed by atoms with van der Waals surface area (Å²) in [6, 6.07) is 11.5. The number of anilines is 2. The second-order valence-electron chi connectivity index (χ2n) is 5.61. The zero-order valence-electron chi connectivity index (χ0n) is 13.9. The third kappa shape index (κ3) is 5.09. The Morgan fingerprint density at radius 3 is 2.68 bits per heavy atom. The second-order valence-corrected chi connectivity index (χ2v) is 6.64. The minimum Gasteiger partial charge on any atom is -0.358 e. The van der Waals surface area contributed by atoms with E-state index in [1.807, 2.05) is 47.7 Å². The van der Waals surface area contributed by atoms with Crippen LogP contribution in [0.4, 0.5) is 11.6 Å². The molecule has 0 aliphatic carbocycles. The Labute approximate surface area is 150 Å². The molecule has 0 unspecified atom stereocenters. The summed E-state index contributed by atoms with van der Waals surface area (Å²) in [7, 11) is 1.97. The molecule has 7 heteroatoms. The summed E-state index contributed by atoms with van der Waals surface area (Å²) in [5.74, 6) is 1.15. The van der Waals surface area contributed by atoms with Crippen molar-refractivity contribution in [3.05, 3.63) is 64.6 Å². The van der Waals surface area contributed by atoms with Crippen LogP contribution in [-0.4, -0.2) is 34.7 Å². The first kappa shape index (κ1) is 17.0. The highest BCUT2D eigenvalue weighted by Crippen LogP contribution is 2.13. The van der Waals surface area contributed by atoms with Gasteiger partial charge in [-0.1, -0.05) is 6.07 Å². The zero-order chi connectivity index (χ0) is 17.5. The number of aromatic nitrogens is 3. The summed E-state index contributed by atoms with van der Waals surface area (Å²) >= 11 is 1.56. The van der Waals surface area contributed by atoms with E-state index in [1.54, 1.807) is 29.8 Å². The number of amides is 1. The van der Waals surface area contributed by atoms with Crippen molar-refractivity contribution in [3.63, 3.8) is 0 Å². The number of rotatable bonds is 7. The lowest BCUT2D eigenvalue weighted by Crippen LogP contribution is -2.22. The van der Waals surface area contributed by atoms with Crippen LogP contribution in [0.25, 0.3) is 0 Å². The number of carbonyl (C=O) groups excluding carboxylic acids is 1. The Bertz CT molecular complexity index is 790. The largest absolute Gasteiger partial charge is 0.358 e. The Kier molecular flexibility index (Phi) is 5.69. The standard InChI is InChI=1S/C18H19N5OS/c1-23(11-8-14-6-9-19-10-7-14)17-5-4-16(21-22-17)20-18(24)13-15-3-2-12-25-15/h2-7,9-10,12H,8,11,13H2,1H3,(H,20,21,24). The van der Waals surface area contributed by atoms with Crippen LogP contribution < -0.4 is 10.2 Å². The van der Waals surface area contributed by atoms with Gasteiger partial charge in [0.05, 0.1) is 6.42 Å². The van der Waals surface area contributed by atoms with Crippen molar-refractivity contribution >= 4 is 28.9 Å². The average molecular weight is 353 g/mol. The molecule has 0 atom stereocenters. The van der Waals surface area contributed by atoms with Crippen LogP contribution in [-0.2, 0) is 17.6 Å². The Morgan fingerprint density at radius 2 is 2.00 bits per heavy atom. The van der Waals surface area contributed by atoms with Crippen LogP contribution >= 0.6 is 11.3 Å². The third-order valence-electron chi connectivity index (χ3n) is 3.71. The number of hydrogen-bond donors (Lipinski definition) is 1. The van der Waals surface area contributed by atoms with Crippen molar-refractivity contribution in [1.29, 1.82) is 0 Å². The van der Waals surface area contributed by atoms with E-state index in [0.717, 1.165) is 23.7 Å². The molecule has 3 aromatic rings. The van der Waals surface area contributed by atoms with E-state index in [2.05, 4.69) is 20.5 Å². The van der Waals surface area contributed by atoms with E-state index < -0.39 is 0 Å². The summed E-state index contributed by atoms with van der Waals surface area (Å²) in [6.07, 6.45) is 4.85. The predicted molar refractivity (Wildman–Crippen MR) is 99.9 cm³/mol.